The van der Waals surface area contributed by atoms with Gasteiger partial charge in [0.25, 0.3) is 5.69 Å². The molecule has 0 atom stereocenters. The average molecular weight is 298 g/mol. The quantitative estimate of drug-likeness (QED) is 0.515. The van der Waals surface area contributed by atoms with Crippen molar-refractivity contribution in [3.8, 4) is 0 Å². The molecule has 0 saturated carbocycles. The summed E-state index contributed by atoms with van der Waals surface area (Å²) in [6.45, 7) is 1.70. The number of rotatable bonds is 4. The van der Waals surface area contributed by atoms with Crippen molar-refractivity contribution in [1.29, 1.82) is 0 Å². The van der Waals surface area contributed by atoms with Crippen LogP contribution in [0.1, 0.15) is 12.5 Å². The molecule has 0 heterocycles. The van der Waals surface area contributed by atoms with E-state index < -0.39 is 11.0 Å². The van der Waals surface area contributed by atoms with E-state index >= 15 is 0 Å². The number of para-hydroxylation sites is 1. The Balaban J connectivity index is 1.97. The first-order valence-electron chi connectivity index (χ1n) is 6.47. The lowest BCUT2D eigenvalue weighted by Gasteiger charge is -2.05. The van der Waals surface area contributed by atoms with Crippen molar-refractivity contribution < 1.29 is 9.72 Å². The average Bonchev–Trinajstić information content (AvgIpc) is 2.53. The zero-order valence-electron chi connectivity index (χ0n) is 11.8. The Morgan fingerprint density at radius 3 is 2.32 bits per heavy atom. The molecule has 0 unspecified atom stereocenters. The van der Waals surface area contributed by atoms with E-state index in [4.69, 9.17) is 0 Å². The topological polar surface area (TPSA) is 96.6 Å². The fourth-order valence-electron chi connectivity index (χ4n) is 1.70. The Morgan fingerprint density at radius 1 is 1.09 bits per heavy atom. The fraction of sp³-hybridized carbons (Fsp3) is 0.0667. The third kappa shape index (κ3) is 4.14. The molecule has 2 aromatic carbocycles. The molecule has 0 aromatic heterocycles. The zero-order valence-corrected chi connectivity index (χ0v) is 11.8. The SMILES string of the molecule is C/C(=N\NC(=O)Nc1ccccc1)c1ccc([N+](=O)[O-])cc1. The summed E-state index contributed by atoms with van der Waals surface area (Å²) >= 11 is 0. The molecule has 2 N–H and O–H groups in total. The maximum atomic E-state index is 11.7. The number of carbonyl (C=O) groups excluding carboxylic acids is 1. The number of hydrazone groups is 1. The van der Waals surface area contributed by atoms with Gasteiger partial charge in [0.1, 0.15) is 0 Å². The number of hydrogen-bond acceptors (Lipinski definition) is 4. The molecule has 2 rings (SSSR count). The highest BCUT2D eigenvalue weighted by Gasteiger charge is 2.06. The van der Waals surface area contributed by atoms with Crippen LogP contribution in [-0.2, 0) is 0 Å². The summed E-state index contributed by atoms with van der Waals surface area (Å²) in [5, 5.41) is 17.2. The molecule has 112 valence electrons. The molecule has 0 fully saturated rings. The van der Waals surface area contributed by atoms with Crippen LogP contribution >= 0.6 is 0 Å². The molecule has 0 aliphatic heterocycles. The summed E-state index contributed by atoms with van der Waals surface area (Å²) in [4.78, 5) is 21.8. The predicted molar refractivity (Wildman–Crippen MR) is 83.9 cm³/mol. The fourth-order valence-corrected chi connectivity index (χ4v) is 1.70. The van der Waals surface area contributed by atoms with Gasteiger partial charge in [-0.3, -0.25) is 10.1 Å². The van der Waals surface area contributed by atoms with Crippen molar-refractivity contribution in [3.63, 3.8) is 0 Å². The second-order valence-electron chi connectivity index (χ2n) is 4.43. The van der Waals surface area contributed by atoms with Crippen molar-refractivity contribution in [2.45, 2.75) is 6.92 Å². The van der Waals surface area contributed by atoms with Gasteiger partial charge in [-0.25, -0.2) is 10.2 Å². The minimum Gasteiger partial charge on any atom is -0.307 e. The molecule has 0 aliphatic carbocycles. The number of hydrogen-bond donors (Lipinski definition) is 2. The third-order valence-electron chi connectivity index (χ3n) is 2.85. The van der Waals surface area contributed by atoms with Crippen molar-refractivity contribution in [2.24, 2.45) is 5.10 Å². The maximum Gasteiger partial charge on any atom is 0.339 e. The number of nitro benzene ring substituents is 1. The molecule has 0 aliphatic rings. The lowest BCUT2D eigenvalue weighted by Crippen LogP contribution is -2.25. The highest BCUT2D eigenvalue weighted by Crippen LogP contribution is 2.12. The van der Waals surface area contributed by atoms with Crippen LogP contribution in [0.25, 0.3) is 0 Å². The lowest BCUT2D eigenvalue weighted by molar-refractivity contribution is -0.384. The molecular formula is C15H14N4O3. The third-order valence-corrected chi connectivity index (χ3v) is 2.85. The first kappa shape index (κ1) is 15.2. The Kier molecular flexibility index (Phi) is 4.81. The summed E-state index contributed by atoms with van der Waals surface area (Å²) < 4.78 is 0. The number of carbonyl (C=O) groups is 1. The number of anilines is 1. The smallest absolute Gasteiger partial charge is 0.307 e. The van der Waals surface area contributed by atoms with Crippen LogP contribution in [-0.4, -0.2) is 16.7 Å². The van der Waals surface area contributed by atoms with Gasteiger partial charge < -0.3 is 5.32 Å². The van der Waals surface area contributed by atoms with Gasteiger partial charge in [0.2, 0.25) is 0 Å². The van der Waals surface area contributed by atoms with Crippen LogP contribution in [0.5, 0.6) is 0 Å². The summed E-state index contributed by atoms with van der Waals surface area (Å²) in [7, 11) is 0. The number of non-ortho nitro benzene ring substituents is 1. The van der Waals surface area contributed by atoms with E-state index in [0.29, 0.717) is 17.0 Å². The Labute approximate surface area is 126 Å². The second kappa shape index (κ2) is 6.98. The van der Waals surface area contributed by atoms with Gasteiger partial charge in [-0.15, -0.1) is 0 Å². The van der Waals surface area contributed by atoms with Gasteiger partial charge in [0, 0.05) is 17.8 Å². The second-order valence-corrected chi connectivity index (χ2v) is 4.43. The molecule has 0 bridgehead atoms. The number of urea groups is 1. The highest BCUT2D eigenvalue weighted by atomic mass is 16.6. The van der Waals surface area contributed by atoms with Crippen LogP contribution in [0, 0.1) is 10.1 Å². The molecular weight excluding hydrogens is 284 g/mol. The maximum absolute atomic E-state index is 11.7. The number of nitrogens with one attached hydrogen (secondary N) is 2. The summed E-state index contributed by atoms with van der Waals surface area (Å²) in [5.41, 5.74) is 4.26. The minimum absolute atomic E-state index is 0.00586. The molecule has 0 radical (unpaired) electrons. The highest BCUT2D eigenvalue weighted by molar-refractivity contribution is 6.00. The van der Waals surface area contributed by atoms with Crippen molar-refractivity contribution in [2.75, 3.05) is 5.32 Å². The predicted octanol–water partition coefficient (Wildman–Crippen LogP) is 3.14. The molecule has 2 aromatic rings. The Morgan fingerprint density at radius 2 is 1.73 bits per heavy atom. The normalized spacial score (nSPS) is 10.9. The van der Waals surface area contributed by atoms with E-state index in [1.165, 1.54) is 12.1 Å². The Hall–Kier alpha value is -3.22. The van der Waals surface area contributed by atoms with E-state index in [-0.39, 0.29) is 5.69 Å². The van der Waals surface area contributed by atoms with Gasteiger partial charge >= 0.3 is 6.03 Å². The molecule has 0 spiro atoms. The van der Waals surface area contributed by atoms with E-state index in [1.807, 2.05) is 6.07 Å². The van der Waals surface area contributed by atoms with Crippen molar-refractivity contribution in [1.82, 2.24) is 5.43 Å². The minimum atomic E-state index is -0.470. The number of nitro groups is 1. The zero-order chi connectivity index (χ0) is 15.9. The van der Waals surface area contributed by atoms with Crippen LogP contribution in [0.15, 0.2) is 59.7 Å². The van der Waals surface area contributed by atoms with Gasteiger partial charge in [0.15, 0.2) is 0 Å². The van der Waals surface area contributed by atoms with E-state index in [1.54, 1.807) is 43.3 Å². The lowest BCUT2D eigenvalue weighted by atomic mass is 10.1. The number of nitrogens with zero attached hydrogens (tertiary/aromatic N) is 2. The summed E-state index contributed by atoms with van der Waals surface area (Å²) in [5.74, 6) is 0. The van der Waals surface area contributed by atoms with Crippen molar-refractivity contribution in [3.05, 3.63) is 70.3 Å². The van der Waals surface area contributed by atoms with Gasteiger partial charge in [-0.2, -0.15) is 5.10 Å². The van der Waals surface area contributed by atoms with E-state index in [2.05, 4.69) is 15.8 Å². The largest absolute Gasteiger partial charge is 0.339 e. The van der Waals surface area contributed by atoms with Crippen molar-refractivity contribution >= 4 is 23.1 Å². The number of amides is 2. The first-order valence-corrected chi connectivity index (χ1v) is 6.47. The van der Waals surface area contributed by atoms with Crippen LogP contribution in [0.2, 0.25) is 0 Å². The number of benzene rings is 2. The van der Waals surface area contributed by atoms with Crippen LogP contribution in [0.3, 0.4) is 0 Å². The molecule has 7 nitrogen and oxygen atoms in total. The standard InChI is InChI=1S/C15H14N4O3/c1-11(12-7-9-14(10-8-12)19(21)22)17-18-15(20)16-13-5-3-2-4-6-13/h2-10H,1H3,(H2,16,18,20)/b17-11+. The van der Waals surface area contributed by atoms with Crippen LogP contribution < -0.4 is 10.7 Å². The van der Waals surface area contributed by atoms with Gasteiger partial charge in [0.05, 0.1) is 10.6 Å². The molecule has 22 heavy (non-hydrogen) atoms. The van der Waals surface area contributed by atoms with E-state index in [0.717, 1.165) is 0 Å². The first-order chi connectivity index (χ1) is 10.6. The van der Waals surface area contributed by atoms with E-state index in [9.17, 15) is 14.9 Å². The molecule has 0 saturated heterocycles. The Bertz CT molecular complexity index is 696. The summed E-state index contributed by atoms with van der Waals surface area (Å²) in [6, 6.07) is 14.4. The summed E-state index contributed by atoms with van der Waals surface area (Å²) in [6.07, 6.45) is 0. The molecule has 7 heteroatoms. The van der Waals surface area contributed by atoms with Crippen LogP contribution in [0.4, 0.5) is 16.2 Å². The monoisotopic (exact) mass is 298 g/mol. The van der Waals surface area contributed by atoms with Gasteiger partial charge in [-0.05, 0) is 36.8 Å². The molecule has 2 amide bonds. The van der Waals surface area contributed by atoms with Gasteiger partial charge in [-0.1, -0.05) is 18.2 Å².